The number of hydrogen-bond donors (Lipinski definition) is 0. The van der Waals surface area contributed by atoms with Crippen LogP contribution in [0.25, 0.3) is 49.7 Å². The molecule has 272 valence electrons. The first-order chi connectivity index (χ1) is 28.8. The molecule has 0 fully saturated rings. The van der Waals surface area contributed by atoms with Gasteiger partial charge in [-0.3, -0.25) is 0 Å². The minimum absolute atomic E-state index is 0.502. The Hall–Kier alpha value is -7.62. The third-order valence-electron chi connectivity index (χ3n) is 12.2. The number of nitrogens with zero attached hydrogens (tertiary/aromatic N) is 2. The van der Waals surface area contributed by atoms with Crippen molar-refractivity contribution in [2.45, 2.75) is 5.41 Å². The van der Waals surface area contributed by atoms with Crippen molar-refractivity contribution in [1.29, 1.82) is 0 Å². The number of hydrogen-bond acceptors (Lipinski definition) is 2. The van der Waals surface area contributed by atoms with Crippen LogP contribution < -0.4 is 9.64 Å². The van der Waals surface area contributed by atoms with E-state index in [1.54, 1.807) is 0 Å². The fourth-order valence-electron chi connectivity index (χ4n) is 9.92. The predicted molar refractivity (Wildman–Crippen MR) is 238 cm³/mol. The summed E-state index contributed by atoms with van der Waals surface area (Å²) in [5.41, 5.74) is 16.0. The molecule has 1 aliphatic carbocycles. The van der Waals surface area contributed by atoms with Gasteiger partial charge in [-0.15, -0.1) is 0 Å². The highest BCUT2D eigenvalue weighted by molar-refractivity contribution is 6.17. The highest BCUT2D eigenvalue weighted by Gasteiger charge is 2.50. The van der Waals surface area contributed by atoms with E-state index in [0.29, 0.717) is 0 Å². The van der Waals surface area contributed by atoms with E-state index in [-0.39, 0.29) is 0 Å². The van der Waals surface area contributed by atoms with Crippen LogP contribution in [0.1, 0.15) is 22.3 Å². The molecule has 1 aromatic heterocycles. The Morgan fingerprint density at radius 1 is 0.379 bits per heavy atom. The van der Waals surface area contributed by atoms with Crippen LogP contribution >= 0.6 is 0 Å². The van der Waals surface area contributed by atoms with Crippen molar-refractivity contribution >= 4 is 38.9 Å². The topological polar surface area (TPSA) is 17.4 Å². The molecule has 0 N–H and O–H groups in total. The summed E-state index contributed by atoms with van der Waals surface area (Å²) in [4.78, 5) is 2.34. The van der Waals surface area contributed by atoms with Crippen molar-refractivity contribution < 1.29 is 4.74 Å². The summed E-state index contributed by atoms with van der Waals surface area (Å²) in [7, 11) is 0. The van der Waals surface area contributed by atoms with E-state index in [4.69, 9.17) is 4.74 Å². The quantitative estimate of drug-likeness (QED) is 0.175. The maximum Gasteiger partial charge on any atom is 0.132 e. The Kier molecular flexibility index (Phi) is 7.14. The second-order valence-electron chi connectivity index (χ2n) is 15.2. The molecular formula is C55H36N2O. The van der Waals surface area contributed by atoms with Gasteiger partial charge in [0.25, 0.3) is 0 Å². The molecule has 1 spiro atoms. The van der Waals surface area contributed by atoms with Crippen LogP contribution in [0.3, 0.4) is 0 Å². The Labute approximate surface area is 337 Å². The zero-order valence-electron chi connectivity index (χ0n) is 31.6. The van der Waals surface area contributed by atoms with Crippen molar-refractivity contribution in [3.63, 3.8) is 0 Å². The monoisotopic (exact) mass is 740 g/mol. The maximum absolute atomic E-state index is 6.97. The van der Waals surface area contributed by atoms with E-state index in [1.165, 1.54) is 38.6 Å². The lowest BCUT2D eigenvalue weighted by atomic mass is 9.66. The molecule has 2 heterocycles. The average molecular weight is 741 g/mol. The van der Waals surface area contributed by atoms with Gasteiger partial charge < -0.3 is 14.2 Å². The summed E-state index contributed by atoms with van der Waals surface area (Å²) in [6, 6.07) is 78.9. The van der Waals surface area contributed by atoms with Crippen LogP contribution in [-0.2, 0) is 5.41 Å². The first-order valence-corrected chi connectivity index (χ1v) is 19.9. The number of para-hydroxylation sites is 4. The molecule has 2 aliphatic rings. The first-order valence-electron chi connectivity index (χ1n) is 19.9. The van der Waals surface area contributed by atoms with E-state index in [9.17, 15) is 0 Å². The summed E-state index contributed by atoms with van der Waals surface area (Å²) in [5.74, 6) is 1.77. The van der Waals surface area contributed by atoms with E-state index in [1.807, 2.05) is 0 Å². The molecule has 9 aromatic carbocycles. The molecule has 58 heavy (non-hydrogen) atoms. The van der Waals surface area contributed by atoms with Crippen LogP contribution in [-0.4, -0.2) is 4.57 Å². The highest BCUT2D eigenvalue weighted by Crippen LogP contribution is 2.62. The molecule has 0 unspecified atom stereocenters. The van der Waals surface area contributed by atoms with Gasteiger partial charge in [0.2, 0.25) is 0 Å². The van der Waals surface area contributed by atoms with Gasteiger partial charge >= 0.3 is 0 Å². The van der Waals surface area contributed by atoms with Crippen molar-refractivity contribution in [1.82, 2.24) is 4.57 Å². The lowest BCUT2D eigenvalue weighted by Gasteiger charge is -2.39. The summed E-state index contributed by atoms with van der Waals surface area (Å²) in [5, 5.41) is 2.38. The Bertz CT molecular complexity index is 3120. The van der Waals surface area contributed by atoms with E-state index < -0.39 is 5.41 Å². The van der Waals surface area contributed by atoms with Gasteiger partial charge in [0, 0.05) is 44.6 Å². The van der Waals surface area contributed by atoms with Gasteiger partial charge in [-0.25, -0.2) is 0 Å². The Morgan fingerprint density at radius 3 is 1.64 bits per heavy atom. The summed E-state index contributed by atoms with van der Waals surface area (Å²) >= 11 is 0. The van der Waals surface area contributed by atoms with Gasteiger partial charge in [0.1, 0.15) is 11.5 Å². The number of benzene rings is 9. The van der Waals surface area contributed by atoms with Gasteiger partial charge in [0.05, 0.1) is 16.4 Å². The van der Waals surface area contributed by atoms with Crippen LogP contribution in [0.4, 0.5) is 17.1 Å². The largest absolute Gasteiger partial charge is 0.457 e. The molecule has 0 bridgehead atoms. The van der Waals surface area contributed by atoms with Gasteiger partial charge in [0.15, 0.2) is 0 Å². The lowest BCUT2D eigenvalue weighted by Crippen LogP contribution is -2.32. The zero-order chi connectivity index (χ0) is 38.2. The van der Waals surface area contributed by atoms with E-state index in [2.05, 4.69) is 228 Å². The molecule has 0 saturated carbocycles. The van der Waals surface area contributed by atoms with Crippen molar-refractivity contribution in [3.8, 4) is 39.4 Å². The number of fused-ring (bicyclic) bond motifs is 12. The molecule has 3 heteroatoms. The summed E-state index contributed by atoms with van der Waals surface area (Å²) < 4.78 is 9.37. The average Bonchev–Trinajstić information content (AvgIpc) is 3.78. The van der Waals surface area contributed by atoms with Crippen molar-refractivity contribution in [2.75, 3.05) is 4.90 Å². The van der Waals surface area contributed by atoms with Crippen molar-refractivity contribution in [2.24, 2.45) is 0 Å². The summed E-state index contributed by atoms with van der Waals surface area (Å²) in [6.07, 6.45) is 0. The highest BCUT2D eigenvalue weighted by atomic mass is 16.5. The smallest absolute Gasteiger partial charge is 0.132 e. The minimum atomic E-state index is -0.502. The number of aromatic nitrogens is 1. The number of ether oxygens (including phenoxy) is 1. The molecule has 10 aromatic rings. The molecule has 3 nitrogen and oxygen atoms in total. The second-order valence-corrected chi connectivity index (χ2v) is 15.2. The second kappa shape index (κ2) is 12.7. The fraction of sp³-hybridized carbons (Fsp3) is 0.0182. The minimum Gasteiger partial charge on any atom is -0.457 e. The third kappa shape index (κ3) is 4.62. The summed E-state index contributed by atoms with van der Waals surface area (Å²) in [6.45, 7) is 0. The molecular weight excluding hydrogens is 705 g/mol. The molecule has 12 rings (SSSR count). The number of rotatable bonds is 5. The normalized spacial score (nSPS) is 13.1. The van der Waals surface area contributed by atoms with Crippen LogP contribution in [0.15, 0.2) is 218 Å². The molecule has 0 atom stereocenters. The van der Waals surface area contributed by atoms with Crippen LogP contribution in [0.5, 0.6) is 11.5 Å². The fourth-order valence-corrected chi connectivity index (χ4v) is 9.92. The molecule has 0 amide bonds. The van der Waals surface area contributed by atoms with Crippen molar-refractivity contribution in [3.05, 3.63) is 241 Å². The SMILES string of the molecule is c1ccc(N(c2ccccc2)c2ccc3c(c2)c2c(-c4ccc5c(c4)Oc4ccccc4C54c5ccccc5-c5ccccc54)cccc2n3-c2ccccc2)cc1. The molecule has 0 radical (unpaired) electrons. The van der Waals surface area contributed by atoms with Gasteiger partial charge in [-0.05, 0) is 106 Å². The Balaban J connectivity index is 1.11. The Morgan fingerprint density at radius 2 is 0.948 bits per heavy atom. The lowest BCUT2D eigenvalue weighted by molar-refractivity contribution is 0.436. The third-order valence-corrected chi connectivity index (χ3v) is 12.2. The first kappa shape index (κ1) is 32.6. The number of anilines is 3. The molecule has 1 aliphatic heterocycles. The van der Waals surface area contributed by atoms with E-state index >= 15 is 0 Å². The van der Waals surface area contributed by atoms with Crippen LogP contribution in [0, 0.1) is 0 Å². The van der Waals surface area contributed by atoms with Gasteiger partial charge in [-0.2, -0.15) is 0 Å². The van der Waals surface area contributed by atoms with Gasteiger partial charge in [-0.1, -0.05) is 146 Å². The molecule has 0 saturated heterocycles. The standard InChI is InChI=1S/C55H36N2O/c1-4-17-38(18-5-1)56(39-19-6-2-7-20-39)41-32-34-50-45(36-41)54-42(25-16-29-51(54)57(50)40-21-8-3-9-22-40)37-31-33-49-53(35-37)58-52-30-15-14-28-48(52)55(49)46-26-12-10-23-43(46)44-24-11-13-27-47(44)55/h1-36H. The zero-order valence-corrected chi connectivity index (χ0v) is 31.6. The maximum atomic E-state index is 6.97. The predicted octanol–water partition coefficient (Wildman–Crippen LogP) is 14.4. The van der Waals surface area contributed by atoms with E-state index in [0.717, 1.165) is 62.0 Å². The van der Waals surface area contributed by atoms with Crippen LogP contribution in [0.2, 0.25) is 0 Å².